The number of hydrogen-bond donors (Lipinski definition) is 2. The van der Waals surface area contributed by atoms with Gasteiger partial charge in [-0.3, -0.25) is 4.79 Å². The number of benzene rings is 2. The number of aliphatic carboxylic acids is 1. The summed E-state index contributed by atoms with van der Waals surface area (Å²) in [6.45, 7) is 5.66. The van der Waals surface area contributed by atoms with Crippen LogP contribution in [0, 0.1) is 13.8 Å². The third-order valence-corrected chi connectivity index (χ3v) is 6.41. The topological polar surface area (TPSA) is 71.5 Å². The molecular formula is C28H32N2O3. The first kappa shape index (κ1) is 22.8. The molecule has 2 heterocycles. The average molecular weight is 445 g/mol. The molecule has 1 aromatic heterocycles. The molecule has 172 valence electrons. The number of nitrogens with one attached hydrogen (secondary N) is 1. The van der Waals surface area contributed by atoms with Crippen molar-refractivity contribution >= 4 is 11.8 Å². The molecule has 0 bridgehead atoms. The number of ether oxygens (including phenoxy) is 1. The van der Waals surface area contributed by atoms with Crippen LogP contribution in [0.1, 0.15) is 52.3 Å². The predicted octanol–water partition coefficient (Wildman–Crippen LogP) is 5.48. The Kier molecular flexibility index (Phi) is 7.28. The van der Waals surface area contributed by atoms with Gasteiger partial charge in [0.15, 0.2) is 0 Å². The van der Waals surface area contributed by atoms with Crippen LogP contribution < -0.4 is 10.1 Å². The van der Waals surface area contributed by atoms with Crippen molar-refractivity contribution in [1.29, 1.82) is 0 Å². The number of carboxylic acid groups (broad SMARTS) is 1. The summed E-state index contributed by atoms with van der Waals surface area (Å²) in [5.74, 6) is 1.02. The smallest absolute Gasteiger partial charge is 0.303 e. The van der Waals surface area contributed by atoms with Crippen LogP contribution in [-0.4, -0.2) is 29.2 Å². The number of carbonyl (C=O) groups is 1. The van der Waals surface area contributed by atoms with E-state index in [1.165, 1.54) is 5.56 Å². The monoisotopic (exact) mass is 444 g/mol. The van der Waals surface area contributed by atoms with Crippen LogP contribution in [0.15, 0.2) is 54.6 Å². The van der Waals surface area contributed by atoms with Gasteiger partial charge in [0.2, 0.25) is 0 Å². The van der Waals surface area contributed by atoms with Gasteiger partial charge < -0.3 is 15.2 Å². The van der Waals surface area contributed by atoms with E-state index in [-0.39, 0.29) is 12.3 Å². The van der Waals surface area contributed by atoms with E-state index in [2.05, 4.69) is 30.4 Å². The summed E-state index contributed by atoms with van der Waals surface area (Å²) in [7, 11) is 0. The van der Waals surface area contributed by atoms with E-state index < -0.39 is 5.97 Å². The highest BCUT2D eigenvalue weighted by molar-refractivity contribution is 5.68. The number of aryl methyl sites for hydroxylation is 3. The van der Waals surface area contributed by atoms with E-state index in [0.717, 1.165) is 65.3 Å². The average Bonchev–Trinajstić information content (AvgIpc) is 2.80. The molecule has 1 aliphatic rings. The Balaban J connectivity index is 1.39. The molecule has 0 radical (unpaired) electrons. The van der Waals surface area contributed by atoms with Gasteiger partial charge in [-0.2, -0.15) is 0 Å². The Morgan fingerprint density at radius 2 is 1.97 bits per heavy atom. The zero-order valence-electron chi connectivity index (χ0n) is 19.4. The van der Waals surface area contributed by atoms with E-state index in [1.54, 1.807) is 0 Å². The minimum atomic E-state index is -0.771. The van der Waals surface area contributed by atoms with Crippen LogP contribution in [0.4, 0.5) is 5.82 Å². The molecule has 0 aliphatic carbocycles. The second-order valence-corrected chi connectivity index (χ2v) is 8.88. The van der Waals surface area contributed by atoms with Gasteiger partial charge in [-0.1, -0.05) is 36.4 Å². The first-order valence-corrected chi connectivity index (χ1v) is 11.7. The molecule has 2 N–H and O–H groups in total. The van der Waals surface area contributed by atoms with E-state index in [4.69, 9.17) is 9.72 Å². The molecule has 1 atom stereocenters. The quantitative estimate of drug-likeness (QED) is 0.457. The normalized spacial score (nSPS) is 13.6. The Hall–Kier alpha value is -3.34. The first-order chi connectivity index (χ1) is 16.0. The van der Waals surface area contributed by atoms with Gasteiger partial charge in [-0.15, -0.1) is 0 Å². The minimum absolute atomic E-state index is 0.0575. The third kappa shape index (κ3) is 5.92. The fourth-order valence-corrected chi connectivity index (χ4v) is 4.58. The van der Waals surface area contributed by atoms with Gasteiger partial charge >= 0.3 is 5.97 Å². The summed E-state index contributed by atoms with van der Waals surface area (Å²) < 4.78 is 6.01. The van der Waals surface area contributed by atoms with Crippen molar-refractivity contribution in [2.75, 3.05) is 18.5 Å². The summed E-state index contributed by atoms with van der Waals surface area (Å²) in [6.07, 6.45) is 3.81. The zero-order valence-corrected chi connectivity index (χ0v) is 19.4. The Labute approximate surface area is 195 Å². The molecule has 0 fully saturated rings. The summed E-state index contributed by atoms with van der Waals surface area (Å²) in [6, 6.07) is 18.4. The summed E-state index contributed by atoms with van der Waals surface area (Å²) in [4.78, 5) is 16.2. The molecule has 5 nitrogen and oxygen atoms in total. The zero-order chi connectivity index (χ0) is 23.2. The van der Waals surface area contributed by atoms with Crippen molar-refractivity contribution < 1.29 is 14.6 Å². The minimum Gasteiger partial charge on any atom is -0.493 e. The molecule has 0 saturated heterocycles. The number of rotatable bonds is 9. The van der Waals surface area contributed by atoms with Gasteiger partial charge in [0.1, 0.15) is 11.6 Å². The van der Waals surface area contributed by atoms with Crippen molar-refractivity contribution in [2.45, 2.75) is 51.9 Å². The summed E-state index contributed by atoms with van der Waals surface area (Å²) in [5.41, 5.74) is 6.83. The lowest BCUT2D eigenvalue weighted by Crippen LogP contribution is -2.14. The number of anilines is 1. The fraction of sp³-hybridized carbons (Fsp3) is 0.357. The Bertz CT molecular complexity index is 1130. The molecule has 0 unspecified atom stereocenters. The Morgan fingerprint density at radius 3 is 2.76 bits per heavy atom. The number of carboxylic acids is 1. The number of hydrogen-bond acceptors (Lipinski definition) is 4. The van der Waals surface area contributed by atoms with Crippen LogP contribution >= 0.6 is 0 Å². The molecule has 2 aromatic carbocycles. The molecule has 33 heavy (non-hydrogen) atoms. The fourth-order valence-electron chi connectivity index (χ4n) is 4.58. The lowest BCUT2D eigenvalue weighted by molar-refractivity contribution is -0.137. The van der Waals surface area contributed by atoms with Crippen LogP contribution in [0.2, 0.25) is 0 Å². The highest BCUT2D eigenvalue weighted by Crippen LogP contribution is 2.29. The molecule has 0 saturated carbocycles. The highest BCUT2D eigenvalue weighted by Gasteiger charge is 2.19. The SMILES string of the molecule is Cc1cc(OCCc2ccc3c(n2)NCCC3)ccc1C[C@@H](CC(=O)O)c1ccccc1C. The maximum atomic E-state index is 11.5. The van der Waals surface area contributed by atoms with Crippen molar-refractivity contribution in [2.24, 2.45) is 0 Å². The number of nitrogens with zero attached hydrogens (tertiary/aromatic N) is 1. The van der Waals surface area contributed by atoms with E-state index >= 15 is 0 Å². The van der Waals surface area contributed by atoms with Crippen molar-refractivity contribution in [3.63, 3.8) is 0 Å². The molecule has 1 aliphatic heterocycles. The van der Waals surface area contributed by atoms with Gasteiger partial charge in [0.05, 0.1) is 13.0 Å². The molecule has 4 rings (SSSR count). The van der Waals surface area contributed by atoms with Gasteiger partial charge in [-0.05, 0) is 85.0 Å². The van der Waals surface area contributed by atoms with Crippen molar-refractivity contribution in [3.05, 3.63) is 88.1 Å². The lowest BCUT2D eigenvalue weighted by atomic mass is 9.85. The second-order valence-electron chi connectivity index (χ2n) is 8.88. The van der Waals surface area contributed by atoms with Gasteiger partial charge in [-0.25, -0.2) is 4.98 Å². The molecule has 0 spiro atoms. The second kappa shape index (κ2) is 10.5. The maximum absolute atomic E-state index is 11.5. The lowest BCUT2D eigenvalue weighted by Gasteiger charge is -2.19. The van der Waals surface area contributed by atoms with Gasteiger partial charge in [0, 0.05) is 18.7 Å². The van der Waals surface area contributed by atoms with Crippen LogP contribution in [-0.2, 0) is 24.1 Å². The predicted molar refractivity (Wildman–Crippen MR) is 131 cm³/mol. The van der Waals surface area contributed by atoms with E-state index in [1.807, 2.05) is 43.3 Å². The van der Waals surface area contributed by atoms with Crippen molar-refractivity contribution in [3.8, 4) is 5.75 Å². The molecular weight excluding hydrogens is 412 g/mol. The molecule has 5 heteroatoms. The number of pyridine rings is 1. The third-order valence-electron chi connectivity index (χ3n) is 6.41. The number of fused-ring (bicyclic) bond motifs is 1. The largest absolute Gasteiger partial charge is 0.493 e. The Morgan fingerprint density at radius 1 is 1.12 bits per heavy atom. The summed E-state index contributed by atoms with van der Waals surface area (Å²) in [5, 5.41) is 12.8. The van der Waals surface area contributed by atoms with E-state index in [9.17, 15) is 9.90 Å². The van der Waals surface area contributed by atoms with Crippen LogP contribution in [0.3, 0.4) is 0 Å². The maximum Gasteiger partial charge on any atom is 0.303 e. The molecule has 3 aromatic rings. The van der Waals surface area contributed by atoms with E-state index in [0.29, 0.717) is 13.0 Å². The van der Waals surface area contributed by atoms with Gasteiger partial charge in [0.25, 0.3) is 0 Å². The first-order valence-electron chi connectivity index (χ1n) is 11.7. The molecule has 0 amide bonds. The summed E-state index contributed by atoms with van der Waals surface area (Å²) >= 11 is 0. The highest BCUT2D eigenvalue weighted by atomic mass is 16.5. The van der Waals surface area contributed by atoms with Crippen LogP contribution in [0.25, 0.3) is 0 Å². The van der Waals surface area contributed by atoms with Crippen LogP contribution in [0.5, 0.6) is 5.75 Å². The number of aromatic nitrogens is 1. The van der Waals surface area contributed by atoms with Crippen molar-refractivity contribution in [1.82, 2.24) is 4.98 Å². The standard InChI is InChI=1S/C28H32N2O3/c1-19-6-3-4-8-26(19)23(18-27(31)32)17-22-10-12-25(16-20(22)2)33-15-13-24-11-9-21-7-5-14-29-28(21)30-24/h3-4,6,8-12,16,23H,5,7,13-15,17-18H2,1-2H3,(H,29,30)(H,31,32)/t23-/m0/s1.